The normalized spacial score (nSPS) is 12.3. The van der Waals surface area contributed by atoms with Crippen LogP contribution in [0.4, 0.5) is 0 Å². The summed E-state index contributed by atoms with van der Waals surface area (Å²) < 4.78 is 17.1. The Labute approximate surface area is 127 Å². The molecule has 0 bridgehead atoms. The lowest BCUT2D eigenvalue weighted by Gasteiger charge is -2.15. The van der Waals surface area contributed by atoms with Crippen molar-refractivity contribution in [3.63, 3.8) is 0 Å². The third-order valence-electron chi connectivity index (χ3n) is 2.69. The number of aliphatic hydroxyl groups is 1. The fourth-order valence-electron chi connectivity index (χ4n) is 1.72. The first-order valence-electron chi connectivity index (χ1n) is 5.40. The molecule has 0 aliphatic rings. The van der Waals surface area contributed by atoms with E-state index in [1.807, 2.05) is 0 Å². The van der Waals surface area contributed by atoms with Gasteiger partial charge in [-0.05, 0) is 34.1 Å². The second kappa shape index (κ2) is 5.98. The van der Waals surface area contributed by atoms with Crippen LogP contribution in [0.25, 0.3) is 0 Å². The molecule has 0 saturated heterocycles. The van der Waals surface area contributed by atoms with Gasteiger partial charge in [-0.25, -0.2) is 0 Å². The first-order valence-corrected chi connectivity index (χ1v) is 6.99. The molecule has 0 spiro atoms. The van der Waals surface area contributed by atoms with Crippen molar-refractivity contribution in [2.75, 3.05) is 14.2 Å². The van der Waals surface area contributed by atoms with Crippen LogP contribution in [-0.2, 0) is 0 Å². The Hall–Kier alpha value is -0.980. The van der Waals surface area contributed by atoms with Gasteiger partial charge in [0.25, 0.3) is 0 Å². The molecule has 0 saturated carbocycles. The van der Waals surface area contributed by atoms with E-state index in [4.69, 9.17) is 13.9 Å². The molecule has 2 aromatic rings. The summed E-state index contributed by atoms with van der Waals surface area (Å²) in [7, 11) is 3.11. The van der Waals surface area contributed by atoms with Gasteiger partial charge in [0, 0.05) is 10.0 Å². The average molecular weight is 392 g/mol. The fraction of sp³-hybridized carbons (Fsp3) is 0.231. The quantitative estimate of drug-likeness (QED) is 0.858. The largest absolute Gasteiger partial charge is 0.493 e. The average Bonchev–Trinajstić information content (AvgIpc) is 2.83. The molecular weight excluding hydrogens is 380 g/mol. The van der Waals surface area contributed by atoms with E-state index in [0.717, 1.165) is 0 Å². The lowest BCUT2D eigenvalue weighted by Crippen LogP contribution is -2.02. The van der Waals surface area contributed by atoms with Crippen molar-refractivity contribution in [2.24, 2.45) is 0 Å². The summed E-state index contributed by atoms with van der Waals surface area (Å²) >= 11 is 6.74. The van der Waals surface area contributed by atoms with Gasteiger partial charge in [0.1, 0.15) is 6.10 Å². The zero-order chi connectivity index (χ0) is 14.0. The minimum Gasteiger partial charge on any atom is -0.493 e. The van der Waals surface area contributed by atoms with Gasteiger partial charge in [-0.3, -0.25) is 0 Å². The number of halogens is 2. The molecule has 1 aromatic carbocycles. The molecule has 1 atom stereocenters. The van der Waals surface area contributed by atoms with Crippen molar-refractivity contribution in [3.05, 3.63) is 44.7 Å². The Morgan fingerprint density at radius 2 is 1.74 bits per heavy atom. The summed E-state index contributed by atoms with van der Waals surface area (Å²) in [5.74, 6) is 1.57. The van der Waals surface area contributed by atoms with E-state index in [0.29, 0.717) is 31.8 Å². The van der Waals surface area contributed by atoms with E-state index >= 15 is 0 Å². The van der Waals surface area contributed by atoms with E-state index in [9.17, 15) is 5.11 Å². The van der Waals surface area contributed by atoms with Crippen molar-refractivity contribution >= 4 is 31.9 Å². The number of hydrogen-bond donors (Lipinski definition) is 1. The van der Waals surface area contributed by atoms with Crippen LogP contribution in [0.3, 0.4) is 0 Å². The third-order valence-corrected chi connectivity index (χ3v) is 4.03. The maximum absolute atomic E-state index is 10.4. The monoisotopic (exact) mass is 390 g/mol. The van der Waals surface area contributed by atoms with E-state index < -0.39 is 6.10 Å². The van der Waals surface area contributed by atoms with Gasteiger partial charge in [-0.1, -0.05) is 15.9 Å². The van der Waals surface area contributed by atoms with Crippen molar-refractivity contribution in [1.29, 1.82) is 0 Å². The molecule has 1 unspecified atom stereocenters. The molecule has 1 aromatic heterocycles. The number of hydrogen-bond acceptors (Lipinski definition) is 4. The molecule has 0 radical (unpaired) electrons. The van der Waals surface area contributed by atoms with Crippen LogP contribution in [-0.4, -0.2) is 19.3 Å². The van der Waals surface area contributed by atoms with Crippen LogP contribution in [0.5, 0.6) is 11.5 Å². The number of aliphatic hydroxyl groups excluding tert-OH is 1. The van der Waals surface area contributed by atoms with E-state index in [1.54, 1.807) is 32.4 Å². The van der Waals surface area contributed by atoms with Crippen molar-refractivity contribution in [1.82, 2.24) is 0 Å². The zero-order valence-corrected chi connectivity index (χ0v) is 13.5. The molecule has 1 N–H and O–H groups in total. The van der Waals surface area contributed by atoms with Gasteiger partial charge in [0.05, 0.1) is 25.0 Å². The van der Waals surface area contributed by atoms with Crippen molar-refractivity contribution in [3.8, 4) is 11.5 Å². The Balaban J connectivity index is 2.48. The Kier molecular flexibility index (Phi) is 4.54. The molecule has 0 fully saturated rings. The van der Waals surface area contributed by atoms with Gasteiger partial charge in [-0.15, -0.1) is 0 Å². The summed E-state index contributed by atoms with van der Waals surface area (Å²) in [5, 5.41) is 10.4. The summed E-state index contributed by atoms with van der Waals surface area (Å²) in [6.07, 6.45) is 0.607. The number of benzene rings is 1. The smallest absolute Gasteiger partial charge is 0.161 e. The molecule has 102 valence electrons. The molecule has 19 heavy (non-hydrogen) atoms. The number of methoxy groups -OCH3 is 2. The molecule has 0 amide bonds. The van der Waals surface area contributed by atoms with Gasteiger partial charge < -0.3 is 19.0 Å². The first-order chi connectivity index (χ1) is 9.08. The van der Waals surface area contributed by atoms with Crippen LogP contribution >= 0.6 is 31.9 Å². The third kappa shape index (κ3) is 2.80. The maximum Gasteiger partial charge on any atom is 0.161 e. The minimum absolute atomic E-state index is 0.438. The summed E-state index contributed by atoms with van der Waals surface area (Å²) in [4.78, 5) is 0. The predicted molar refractivity (Wildman–Crippen MR) is 77.7 cm³/mol. The maximum atomic E-state index is 10.4. The Morgan fingerprint density at radius 1 is 1.11 bits per heavy atom. The van der Waals surface area contributed by atoms with E-state index in [1.165, 1.54) is 6.26 Å². The van der Waals surface area contributed by atoms with Gasteiger partial charge in [0.2, 0.25) is 0 Å². The lowest BCUT2D eigenvalue weighted by molar-refractivity contribution is 0.187. The molecular formula is C13H12Br2O4. The van der Waals surface area contributed by atoms with Crippen LogP contribution < -0.4 is 9.47 Å². The Bertz CT molecular complexity index is 580. The first kappa shape index (κ1) is 14.4. The molecule has 0 aliphatic carbocycles. The number of ether oxygens (including phenoxy) is 2. The minimum atomic E-state index is -0.904. The number of furan rings is 1. The van der Waals surface area contributed by atoms with Crippen LogP contribution in [0.1, 0.15) is 17.4 Å². The van der Waals surface area contributed by atoms with Gasteiger partial charge in [0.15, 0.2) is 17.3 Å². The van der Waals surface area contributed by atoms with Crippen molar-refractivity contribution < 1.29 is 19.0 Å². The standard InChI is InChI=1S/C13H12Br2O4/c1-17-10-5-7(9(15)6-11(10)18-2)12(16)13-8(14)3-4-19-13/h3-6,12,16H,1-2H3. The van der Waals surface area contributed by atoms with Crippen LogP contribution in [0.2, 0.25) is 0 Å². The van der Waals surface area contributed by atoms with Crippen LogP contribution in [0, 0.1) is 0 Å². The molecule has 2 rings (SSSR count). The summed E-state index contributed by atoms with van der Waals surface area (Å²) in [6.45, 7) is 0. The highest BCUT2D eigenvalue weighted by atomic mass is 79.9. The van der Waals surface area contributed by atoms with Crippen molar-refractivity contribution in [2.45, 2.75) is 6.10 Å². The summed E-state index contributed by atoms with van der Waals surface area (Å²) in [6, 6.07) is 5.18. The van der Waals surface area contributed by atoms with E-state index in [2.05, 4.69) is 31.9 Å². The lowest BCUT2D eigenvalue weighted by atomic mass is 10.1. The zero-order valence-electron chi connectivity index (χ0n) is 10.3. The molecule has 0 aliphatic heterocycles. The Morgan fingerprint density at radius 3 is 2.26 bits per heavy atom. The number of rotatable bonds is 4. The molecule has 1 heterocycles. The van der Waals surface area contributed by atoms with Gasteiger partial charge >= 0.3 is 0 Å². The molecule has 6 heteroatoms. The SMILES string of the molecule is COc1cc(Br)c(C(O)c2occc2Br)cc1OC. The summed E-state index contributed by atoms with van der Waals surface area (Å²) in [5.41, 5.74) is 0.633. The highest BCUT2D eigenvalue weighted by Crippen LogP contribution is 2.39. The fourth-order valence-corrected chi connectivity index (χ4v) is 2.68. The predicted octanol–water partition coefficient (Wildman–Crippen LogP) is 3.90. The molecule has 4 nitrogen and oxygen atoms in total. The van der Waals surface area contributed by atoms with E-state index in [-0.39, 0.29) is 0 Å². The second-order valence-corrected chi connectivity index (χ2v) is 5.47. The second-order valence-electron chi connectivity index (χ2n) is 3.76. The highest BCUT2D eigenvalue weighted by Gasteiger charge is 2.22. The highest BCUT2D eigenvalue weighted by molar-refractivity contribution is 9.10. The van der Waals surface area contributed by atoms with Crippen LogP contribution in [0.15, 0.2) is 37.8 Å². The topological polar surface area (TPSA) is 51.8 Å². The van der Waals surface area contributed by atoms with Gasteiger partial charge in [-0.2, -0.15) is 0 Å².